The Morgan fingerprint density at radius 1 is 0.826 bits per heavy atom. The molecule has 4 rings (SSSR count). The molecule has 4 aliphatic carbocycles. The van der Waals surface area contributed by atoms with Gasteiger partial charge in [-0.1, -0.05) is 34.1 Å². The maximum atomic E-state index is 11.3. The van der Waals surface area contributed by atoms with Crippen molar-refractivity contribution in [3.8, 4) is 0 Å². The molecule has 0 amide bonds. The average Bonchev–Trinajstić information content (AvgIpc) is 3.32. The lowest BCUT2D eigenvalue weighted by Crippen LogP contribution is -2.55. The summed E-state index contributed by atoms with van der Waals surface area (Å²) in [7, 11) is -4.41. The third kappa shape index (κ3) is 10.6. The topological polar surface area (TPSA) is 157 Å². The zero-order valence-corrected chi connectivity index (χ0v) is 30.6. The molecule has 46 heavy (non-hydrogen) atoms. The van der Waals surface area contributed by atoms with Crippen LogP contribution in [-0.2, 0) is 14.6 Å². The minimum absolute atomic E-state index is 0. The standard InChI is InChI=1S/C36H70N4O4S.H2O/c1-27(2)34(44-45(41,42)43)11-7-10-28-13-15-32-31-14-12-29-26-30(16-18-36(29,4)33(31)17-19-35(28,32)3)40-25-9-24-39-22-6-5-21-38-23-8-20-37;/h27-34,38-40H,5-26,37H2,1-4H3,(H,41,42,43);1H2. The van der Waals surface area contributed by atoms with E-state index in [4.69, 9.17) is 9.92 Å². The summed E-state index contributed by atoms with van der Waals surface area (Å²) in [6.07, 6.45) is 19.5. The van der Waals surface area contributed by atoms with Gasteiger partial charge >= 0.3 is 10.4 Å². The van der Waals surface area contributed by atoms with Crippen LogP contribution < -0.4 is 21.7 Å². The van der Waals surface area contributed by atoms with E-state index in [0.717, 1.165) is 88.1 Å². The van der Waals surface area contributed by atoms with Crippen molar-refractivity contribution in [2.75, 3.05) is 39.3 Å². The molecule has 10 heteroatoms. The van der Waals surface area contributed by atoms with E-state index < -0.39 is 16.5 Å². The third-order valence-corrected chi connectivity index (χ3v) is 13.9. The van der Waals surface area contributed by atoms with Crippen LogP contribution >= 0.6 is 0 Å². The molecular formula is C36H72N4O5S. The first-order valence-electron chi connectivity index (χ1n) is 19.0. The summed E-state index contributed by atoms with van der Waals surface area (Å²) in [5.41, 5.74) is 6.48. The number of fused-ring (bicyclic) bond motifs is 5. The number of hydrogen-bond acceptors (Lipinski definition) is 7. The molecule has 0 spiro atoms. The molecule has 9 nitrogen and oxygen atoms in total. The van der Waals surface area contributed by atoms with Gasteiger partial charge in [0, 0.05) is 6.04 Å². The quantitative estimate of drug-likeness (QED) is 0.0840. The van der Waals surface area contributed by atoms with E-state index in [2.05, 4.69) is 29.8 Å². The van der Waals surface area contributed by atoms with E-state index in [9.17, 15) is 13.0 Å². The van der Waals surface area contributed by atoms with Crippen molar-refractivity contribution >= 4 is 10.4 Å². The van der Waals surface area contributed by atoms with Gasteiger partial charge in [-0.25, -0.2) is 4.18 Å². The summed E-state index contributed by atoms with van der Waals surface area (Å²) in [6.45, 7) is 15.5. The van der Waals surface area contributed by atoms with Gasteiger partial charge in [-0.15, -0.1) is 0 Å². The van der Waals surface area contributed by atoms with Gasteiger partial charge in [0.15, 0.2) is 0 Å². The first-order valence-corrected chi connectivity index (χ1v) is 20.3. The predicted molar refractivity (Wildman–Crippen MR) is 189 cm³/mol. The smallest absolute Gasteiger partial charge is 0.397 e. The lowest BCUT2D eigenvalue weighted by molar-refractivity contribution is -0.115. The minimum atomic E-state index is -4.41. The van der Waals surface area contributed by atoms with Crippen LogP contribution in [0.15, 0.2) is 0 Å². The highest BCUT2D eigenvalue weighted by Crippen LogP contribution is 2.68. The Kier molecular flexibility index (Phi) is 16.2. The van der Waals surface area contributed by atoms with Crippen molar-refractivity contribution in [1.82, 2.24) is 16.0 Å². The zero-order valence-electron chi connectivity index (χ0n) is 29.8. The summed E-state index contributed by atoms with van der Waals surface area (Å²) in [6, 6.07) is 0.698. The monoisotopic (exact) mass is 673 g/mol. The highest BCUT2D eigenvalue weighted by molar-refractivity contribution is 7.80. The summed E-state index contributed by atoms with van der Waals surface area (Å²) in [5.74, 6) is 4.29. The number of hydrogen-bond donors (Lipinski definition) is 5. The molecule has 9 atom stereocenters. The molecule has 0 aliphatic heterocycles. The van der Waals surface area contributed by atoms with Gasteiger partial charge in [0.05, 0.1) is 6.10 Å². The molecule has 4 fully saturated rings. The minimum Gasteiger partial charge on any atom is -0.412 e. The molecule has 0 aromatic rings. The number of nitrogens with one attached hydrogen (secondary N) is 3. The van der Waals surface area contributed by atoms with Crippen molar-refractivity contribution in [3.05, 3.63) is 0 Å². The molecule has 0 radical (unpaired) electrons. The first-order chi connectivity index (χ1) is 21.5. The highest BCUT2D eigenvalue weighted by Gasteiger charge is 2.59. The SMILES string of the molecule is CC(C)C(CCCC1CCC2C3CCC4CC(NCCCNCCCCNCCCN)CCC4(C)C3CCC12C)OS(=O)(=O)O.O. The fourth-order valence-electron chi connectivity index (χ4n) is 10.7. The molecule has 272 valence electrons. The lowest BCUT2D eigenvalue weighted by atomic mass is 9.44. The fraction of sp³-hybridized carbons (Fsp3) is 1.00. The molecule has 0 heterocycles. The first kappa shape index (κ1) is 40.1. The number of unbranched alkanes of at least 4 members (excludes halogenated alkanes) is 1. The molecule has 4 saturated carbocycles. The summed E-state index contributed by atoms with van der Waals surface area (Å²) >= 11 is 0. The average molecular weight is 673 g/mol. The van der Waals surface area contributed by atoms with Gasteiger partial charge in [0.25, 0.3) is 0 Å². The predicted octanol–water partition coefficient (Wildman–Crippen LogP) is 5.49. The zero-order chi connectivity index (χ0) is 32.5. The Balaban J connectivity index is 0.00000576. The van der Waals surface area contributed by atoms with Crippen molar-refractivity contribution in [2.45, 2.75) is 143 Å². The van der Waals surface area contributed by atoms with Crippen LogP contribution in [0.4, 0.5) is 0 Å². The van der Waals surface area contributed by atoms with Crippen LogP contribution in [0.1, 0.15) is 130 Å². The van der Waals surface area contributed by atoms with Gasteiger partial charge < -0.3 is 27.2 Å². The molecule has 0 bridgehead atoms. The Bertz CT molecular complexity index is 985. The van der Waals surface area contributed by atoms with E-state index in [1.54, 1.807) is 0 Å². The Labute approximate surface area is 282 Å². The van der Waals surface area contributed by atoms with Gasteiger partial charge in [0.1, 0.15) is 0 Å². The normalized spacial score (nSPS) is 34.8. The van der Waals surface area contributed by atoms with E-state index in [0.29, 0.717) is 23.3 Å². The van der Waals surface area contributed by atoms with Crippen LogP contribution in [-0.4, -0.2) is 69.9 Å². The van der Waals surface area contributed by atoms with Crippen LogP contribution in [0.2, 0.25) is 0 Å². The van der Waals surface area contributed by atoms with E-state index in [1.165, 1.54) is 77.0 Å². The maximum absolute atomic E-state index is 11.3. The maximum Gasteiger partial charge on any atom is 0.397 e. The summed E-state index contributed by atoms with van der Waals surface area (Å²) in [5, 5.41) is 11.1. The highest BCUT2D eigenvalue weighted by atomic mass is 32.3. The molecule has 9 unspecified atom stereocenters. The van der Waals surface area contributed by atoms with Crippen LogP contribution in [0.3, 0.4) is 0 Å². The van der Waals surface area contributed by atoms with Crippen LogP contribution in [0.25, 0.3) is 0 Å². The second kappa shape index (κ2) is 18.6. The Morgan fingerprint density at radius 2 is 1.48 bits per heavy atom. The van der Waals surface area contributed by atoms with Crippen LogP contribution in [0.5, 0.6) is 0 Å². The number of rotatable bonds is 20. The molecule has 4 aliphatic rings. The molecular weight excluding hydrogens is 600 g/mol. The fourth-order valence-corrected chi connectivity index (χ4v) is 11.4. The van der Waals surface area contributed by atoms with E-state index >= 15 is 0 Å². The van der Waals surface area contributed by atoms with Crippen molar-refractivity contribution in [3.63, 3.8) is 0 Å². The summed E-state index contributed by atoms with van der Waals surface area (Å²) < 4.78 is 36.9. The van der Waals surface area contributed by atoms with Gasteiger partial charge in [-0.2, -0.15) is 8.42 Å². The third-order valence-electron chi connectivity index (χ3n) is 13.4. The molecule has 8 N–H and O–H groups in total. The van der Waals surface area contributed by atoms with Crippen LogP contribution in [0, 0.1) is 46.3 Å². The van der Waals surface area contributed by atoms with Crippen molar-refractivity contribution in [2.24, 2.45) is 52.1 Å². The summed E-state index contributed by atoms with van der Waals surface area (Å²) in [4.78, 5) is 0. The van der Waals surface area contributed by atoms with Gasteiger partial charge in [-0.3, -0.25) is 4.55 Å². The van der Waals surface area contributed by atoms with Crippen molar-refractivity contribution < 1.29 is 22.6 Å². The van der Waals surface area contributed by atoms with Gasteiger partial charge in [-0.05, 0) is 182 Å². The van der Waals surface area contributed by atoms with Gasteiger partial charge in [0.2, 0.25) is 0 Å². The Morgan fingerprint density at radius 3 is 2.15 bits per heavy atom. The van der Waals surface area contributed by atoms with Crippen molar-refractivity contribution in [1.29, 1.82) is 0 Å². The largest absolute Gasteiger partial charge is 0.412 e. The second-order valence-corrected chi connectivity index (χ2v) is 17.4. The van der Waals surface area contributed by atoms with E-state index in [-0.39, 0.29) is 11.4 Å². The molecule has 0 aromatic carbocycles. The van der Waals surface area contributed by atoms with E-state index in [1.807, 2.05) is 13.8 Å². The molecule has 0 saturated heterocycles. The second-order valence-electron chi connectivity index (χ2n) is 16.3. The number of nitrogens with two attached hydrogens (primary N) is 1. The Hall–Kier alpha value is -0.330. The lowest BCUT2D eigenvalue weighted by Gasteiger charge is -2.61. The molecule has 0 aromatic heterocycles.